The second kappa shape index (κ2) is 10.6. The Morgan fingerprint density at radius 1 is 0.957 bits per heavy atom. The Morgan fingerprint density at radius 3 is 2.04 bits per heavy atom. The summed E-state index contributed by atoms with van der Waals surface area (Å²) in [6, 6.07) is 20.3. The predicted octanol–water partition coefficient (Wildman–Crippen LogP) is 3.19. The lowest BCUT2D eigenvalue weighted by Gasteiger charge is -1.96. The van der Waals surface area contributed by atoms with Crippen LogP contribution in [0.4, 0.5) is 0 Å². The smallest absolute Gasteiger partial charge is 0.185 e. The minimum atomic E-state index is 0.00225. The molecule has 0 atom stereocenters. The van der Waals surface area contributed by atoms with E-state index in [1.807, 2.05) is 54.6 Å². The largest absolute Gasteiger partial charge is 0.289 e. The maximum absolute atomic E-state index is 11.8. The predicted molar refractivity (Wildman–Crippen MR) is 92.1 cm³/mol. The zero-order valence-electron chi connectivity index (χ0n) is 12.6. The molecule has 0 unspecified atom stereocenters. The molecule has 0 fully saturated rings. The van der Waals surface area contributed by atoms with Crippen LogP contribution in [0.1, 0.15) is 28.8 Å². The molecule has 0 aromatic heterocycles. The number of allylic oxidation sites excluding steroid dienone is 1. The summed E-state index contributed by atoms with van der Waals surface area (Å²) in [5.74, 6) is 0.00225. The second-order valence-electron chi connectivity index (χ2n) is 4.55. The van der Waals surface area contributed by atoms with Crippen molar-refractivity contribution in [2.45, 2.75) is 12.8 Å². The highest BCUT2D eigenvalue weighted by Gasteiger charge is 1.98. The van der Waals surface area contributed by atoms with Crippen molar-refractivity contribution in [2.24, 2.45) is 0 Å². The number of rotatable bonds is 4. The van der Waals surface area contributed by atoms with Crippen molar-refractivity contribution in [3.8, 4) is 12.1 Å². The minimum absolute atomic E-state index is 0.00225. The first-order valence-corrected chi connectivity index (χ1v) is 7.04. The fourth-order valence-corrected chi connectivity index (χ4v) is 1.59. The second-order valence-corrected chi connectivity index (χ2v) is 4.55. The number of nitrogens with zero attached hydrogens (tertiary/aromatic N) is 2. The van der Waals surface area contributed by atoms with Gasteiger partial charge in [-0.3, -0.25) is 4.79 Å². The molecule has 0 saturated heterocycles. The minimum Gasteiger partial charge on any atom is -0.289 e. The molecule has 3 nitrogen and oxygen atoms in total. The van der Waals surface area contributed by atoms with Gasteiger partial charge in [0.05, 0.1) is 12.1 Å². The third-order valence-corrected chi connectivity index (χ3v) is 2.77. The van der Waals surface area contributed by atoms with E-state index in [0.717, 1.165) is 11.0 Å². The first-order valence-electron chi connectivity index (χ1n) is 7.04. The normalized spacial score (nSPS) is 9.30. The van der Waals surface area contributed by atoms with Gasteiger partial charge in [0.1, 0.15) is 7.85 Å². The highest BCUT2D eigenvalue weighted by Crippen LogP contribution is 2.04. The van der Waals surface area contributed by atoms with Crippen molar-refractivity contribution in [3.63, 3.8) is 0 Å². The fourth-order valence-electron chi connectivity index (χ4n) is 1.59. The summed E-state index contributed by atoms with van der Waals surface area (Å²) in [6.07, 6.45) is 4.07. The Labute approximate surface area is 137 Å². The van der Waals surface area contributed by atoms with Crippen molar-refractivity contribution in [3.05, 3.63) is 71.8 Å². The maximum Gasteiger partial charge on any atom is 0.185 e. The van der Waals surface area contributed by atoms with Crippen LogP contribution in [0.5, 0.6) is 0 Å². The first-order chi connectivity index (χ1) is 11.2. The van der Waals surface area contributed by atoms with Crippen LogP contribution in [0.3, 0.4) is 0 Å². The molecule has 23 heavy (non-hydrogen) atoms. The molecule has 2 rings (SSSR count). The van der Waals surface area contributed by atoms with Gasteiger partial charge in [0.2, 0.25) is 0 Å². The van der Waals surface area contributed by atoms with E-state index >= 15 is 0 Å². The van der Waals surface area contributed by atoms with Gasteiger partial charge in [-0.15, -0.1) is 0 Å². The quantitative estimate of drug-likeness (QED) is 0.377. The molecule has 0 bridgehead atoms. The summed E-state index contributed by atoms with van der Waals surface area (Å²) in [5, 5.41) is 15.6. The molecule has 0 amide bonds. The first kappa shape index (κ1) is 17.9. The number of hydrogen-bond donors (Lipinski definition) is 0. The molecule has 4 heteroatoms. The molecule has 0 aliphatic heterocycles. The lowest BCUT2D eigenvalue weighted by atomic mass is 9.95. The van der Waals surface area contributed by atoms with E-state index in [1.165, 1.54) is 0 Å². The SMILES string of the molecule is N#CCCC#N.[B]c1ccc(C=CC(=O)c2ccccc2)cc1. The lowest BCUT2D eigenvalue weighted by Crippen LogP contribution is -1.99. The van der Waals surface area contributed by atoms with E-state index in [4.69, 9.17) is 18.4 Å². The van der Waals surface area contributed by atoms with Gasteiger partial charge in [-0.05, 0) is 11.6 Å². The standard InChI is InChI=1S/C15H11BO.C4H4N2/c16-14-9-6-12(7-10-14)8-11-15(17)13-4-2-1-3-5-13;5-3-1-2-4-6/h1-11H;1-2H2. The lowest BCUT2D eigenvalue weighted by molar-refractivity contribution is 0.104. The molecule has 0 N–H and O–H groups in total. The van der Waals surface area contributed by atoms with Crippen LogP contribution in [-0.4, -0.2) is 13.6 Å². The van der Waals surface area contributed by atoms with Crippen molar-refractivity contribution in [1.29, 1.82) is 10.5 Å². The van der Waals surface area contributed by atoms with E-state index < -0.39 is 0 Å². The molecule has 2 aromatic carbocycles. The molecule has 2 radical (unpaired) electrons. The zero-order valence-corrected chi connectivity index (χ0v) is 12.6. The number of carbonyl (C=O) groups excluding carboxylic acids is 1. The highest BCUT2D eigenvalue weighted by molar-refractivity contribution is 6.32. The van der Waals surface area contributed by atoms with E-state index in [0.29, 0.717) is 18.4 Å². The molecule has 0 aliphatic carbocycles. The van der Waals surface area contributed by atoms with Gasteiger partial charge in [0.15, 0.2) is 5.78 Å². The molecule has 0 heterocycles. The van der Waals surface area contributed by atoms with Crippen LogP contribution >= 0.6 is 0 Å². The van der Waals surface area contributed by atoms with Gasteiger partial charge in [0.25, 0.3) is 0 Å². The van der Waals surface area contributed by atoms with Crippen LogP contribution in [0.2, 0.25) is 0 Å². The third kappa shape index (κ3) is 7.46. The van der Waals surface area contributed by atoms with Crippen molar-refractivity contribution >= 4 is 25.2 Å². The number of carbonyl (C=O) groups is 1. The summed E-state index contributed by atoms with van der Waals surface area (Å²) < 4.78 is 0. The molecule has 110 valence electrons. The Hall–Kier alpha value is -3.11. The summed E-state index contributed by atoms with van der Waals surface area (Å²) in [5.41, 5.74) is 2.37. The van der Waals surface area contributed by atoms with Crippen molar-refractivity contribution in [2.75, 3.05) is 0 Å². The van der Waals surface area contributed by atoms with Gasteiger partial charge >= 0.3 is 0 Å². The van der Waals surface area contributed by atoms with E-state index in [2.05, 4.69) is 0 Å². The summed E-state index contributed by atoms with van der Waals surface area (Å²) in [7, 11) is 5.58. The van der Waals surface area contributed by atoms with Crippen LogP contribution in [0, 0.1) is 22.7 Å². The van der Waals surface area contributed by atoms with Crippen LogP contribution in [-0.2, 0) is 0 Å². The number of hydrogen-bond acceptors (Lipinski definition) is 3. The number of unbranched alkanes of at least 4 members (excludes halogenated alkanes) is 1. The molecular weight excluding hydrogens is 283 g/mol. The highest BCUT2D eigenvalue weighted by atomic mass is 16.1. The van der Waals surface area contributed by atoms with Gasteiger partial charge < -0.3 is 0 Å². The van der Waals surface area contributed by atoms with Crippen molar-refractivity contribution < 1.29 is 4.79 Å². The maximum atomic E-state index is 11.8. The molecule has 0 aliphatic rings. The summed E-state index contributed by atoms with van der Waals surface area (Å²) in [6.45, 7) is 0. The zero-order chi connectivity index (χ0) is 16.9. The van der Waals surface area contributed by atoms with Crippen LogP contribution in [0.15, 0.2) is 60.7 Å². The number of nitriles is 2. The topological polar surface area (TPSA) is 64.7 Å². The monoisotopic (exact) mass is 298 g/mol. The van der Waals surface area contributed by atoms with E-state index in [-0.39, 0.29) is 5.78 Å². The third-order valence-electron chi connectivity index (χ3n) is 2.77. The van der Waals surface area contributed by atoms with Crippen LogP contribution in [0.25, 0.3) is 6.08 Å². The Morgan fingerprint density at radius 2 is 1.52 bits per heavy atom. The average molecular weight is 298 g/mol. The molecular formula is C19H15BN2O. The van der Waals surface area contributed by atoms with Gasteiger partial charge in [-0.25, -0.2) is 0 Å². The summed E-state index contributed by atoms with van der Waals surface area (Å²) in [4.78, 5) is 11.8. The number of ketones is 1. The van der Waals surface area contributed by atoms with Crippen molar-refractivity contribution in [1.82, 2.24) is 0 Å². The van der Waals surface area contributed by atoms with Gasteiger partial charge in [-0.2, -0.15) is 10.5 Å². The van der Waals surface area contributed by atoms with Gasteiger partial charge in [-0.1, -0.05) is 66.1 Å². The Bertz CT molecular complexity index is 709. The Balaban J connectivity index is 0.000000379. The Kier molecular flexibility index (Phi) is 8.27. The van der Waals surface area contributed by atoms with E-state index in [1.54, 1.807) is 24.3 Å². The molecule has 0 saturated carbocycles. The number of benzene rings is 2. The van der Waals surface area contributed by atoms with Gasteiger partial charge in [0, 0.05) is 18.4 Å². The van der Waals surface area contributed by atoms with Crippen LogP contribution < -0.4 is 5.46 Å². The average Bonchev–Trinajstić information content (AvgIpc) is 2.60. The molecule has 2 aromatic rings. The summed E-state index contributed by atoms with van der Waals surface area (Å²) >= 11 is 0. The molecule has 0 spiro atoms. The van der Waals surface area contributed by atoms with E-state index in [9.17, 15) is 4.79 Å². The fraction of sp³-hybridized carbons (Fsp3) is 0.105.